The number of piperazine rings is 1. The fraction of sp³-hybridized carbons (Fsp3) is 0.556. The standard InChI is InChI=1S/C18H25N3O5/c1-11-9-19(17(24)18(3,4)5)10-12(2)20(11)16(23)14-7-6-13(21(25)26)8-15(14)22/h6-8,11-12,22H,9-10H2,1-5H3/t11-,12+. The Morgan fingerprint density at radius 1 is 1.19 bits per heavy atom. The molecule has 2 atom stereocenters. The molecule has 1 fully saturated rings. The lowest BCUT2D eigenvalue weighted by atomic mass is 9.93. The zero-order valence-electron chi connectivity index (χ0n) is 15.7. The minimum Gasteiger partial charge on any atom is -0.507 e. The van der Waals surface area contributed by atoms with Gasteiger partial charge in [-0.2, -0.15) is 0 Å². The second-order valence-electron chi connectivity index (χ2n) is 7.83. The molecule has 1 aliphatic heterocycles. The average molecular weight is 363 g/mol. The van der Waals surface area contributed by atoms with E-state index in [0.29, 0.717) is 13.1 Å². The van der Waals surface area contributed by atoms with Gasteiger partial charge in [-0.15, -0.1) is 0 Å². The van der Waals surface area contributed by atoms with Crippen LogP contribution in [0.2, 0.25) is 0 Å². The molecule has 8 nitrogen and oxygen atoms in total. The molecule has 1 saturated heterocycles. The smallest absolute Gasteiger partial charge is 0.273 e. The van der Waals surface area contributed by atoms with Gasteiger partial charge in [-0.25, -0.2) is 0 Å². The lowest BCUT2D eigenvalue weighted by Crippen LogP contribution is -2.61. The fourth-order valence-electron chi connectivity index (χ4n) is 3.32. The van der Waals surface area contributed by atoms with Gasteiger partial charge in [0, 0.05) is 36.7 Å². The number of rotatable bonds is 2. The van der Waals surface area contributed by atoms with E-state index in [4.69, 9.17) is 0 Å². The molecule has 8 heteroatoms. The number of amides is 2. The van der Waals surface area contributed by atoms with Gasteiger partial charge >= 0.3 is 0 Å². The Morgan fingerprint density at radius 2 is 1.73 bits per heavy atom. The van der Waals surface area contributed by atoms with E-state index >= 15 is 0 Å². The molecule has 0 aliphatic carbocycles. The van der Waals surface area contributed by atoms with E-state index in [9.17, 15) is 24.8 Å². The SMILES string of the molecule is C[C@@H]1CN(C(=O)C(C)(C)C)C[C@H](C)N1C(=O)c1ccc([N+](=O)[O-])cc1O. The fourth-order valence-corrected chi connectivity index (χ4v) is 3.32. The first-order valence-electron chi connectivity index (χ1n) is 8.53. The number of nitro groups is 1. The number of aromatic hydroxyl groups is 1. The van der Waals surface area contributed by atoms with Crippen molar-refractivity contribution in [1.29, 1.82) is 0 Å². The van der Waals surface area contributed by atoms with E-state index in [2.05, 4.69) is 0 Å². The summed E-state index contributed by atoms with van der Waals surface area (Å²) in [6, 6.07) is 2.95. The monoisotopic (exact) mass is 363 g/mol. The molecule has 0 bridgehead atoms. The van der Waals surface area contributed by atoms with Gasteiger partial charge in [0.2, 0.25) is 5.91 Å². The zero-order chi connectivity index (χ0) is 19.8. The van der Waals surface area contributed by atoms with Gasteiger partial charge in [0.05, 0.1) is 16.6 Å². The van der Waals surface area contributed by atoms with Crippen LogP contribution in [0.1, 0.15) is 45.0 Å². The molecule has 1 aliphatic rings. The summed E-state index contributed by atoms with van der Waals surface area (Å²) in [7, 11) is 0. The number of phenols is 1. The number of nitro benzene ring substituents is 1. The molecule has 0 radical (unpaired) electrons. The van der Waals surface area contributed by atoms with Gasteiger partial charge in [-0.05, 0) is 19.9 Å². The third-order valence-corrected chi connectivity index (χ3v) is 4.50. The summed E-state index contributed by atoms with van der Waals surface area (Å²) in [6.45, 7) is 10.1. The van der Waals surface area contributed by atoms with Gasteiger partial charge in [-0.1, -0.05) is 20.8 Å². The maximum atomic E-state index is 12.9. The Kier molecular flexibility index (Phi) is 5.25. The Labute approximate surface area is 152 Å². The highest BCUT2D eigenvalue weighted by Crippen LogP contribution is 2.28. The molecule has 2 amide bonds. The van der Waals surface area contributed by atoms with Crippen molar-refractivity contribution < 1.29 is 19.6 Å². The summed E-state index contributed by atoms with van der Waals surface area (Å²) in [4.78, 5) is 39.0. The van der Waals surface area contributed by atoms with E-state index in [0.717, 1.165) is 6.07 Å². The van der Waals surface area contributed by atoms with Crippen LogP contribution in [0.25, 0.3) is 0 Å². The van der Waals surface area contributed by atoms with Crippen LogP contribution in [0.4, 0.5) is 5.69 Å². The quantitative estimate of drug-likeness (QED) is 0.642. The molecule has 2 rings (SSSR count). The number of benzene rings is 1. The van der Waals surface area contributed by atoms with Crippen LogP contribution in [-0.2, 0) is 4.79 Å². The molecule has 142 valence electrons. The number of phenolic OH excluding ortho intramolecular Hbond substituents is 1. The predicted molar refractivity (Wildman–Crippen MR) is 95.9 cm³/mol. The van der Waals surface area contributed by atoms with Crippen molar-refractivity contribution in [2.24, 2.45) is 5.41 Å². The lowest BCUT2D eigenvalue weighted by molar-refractivity contribution is -0.384. The Morgan fingerprint density at radius 3 is 2.15 bits per heavy atom. The molecule has 0 unspecified atom stereocenters. The predicted octanol–water partition coefficient (Wildman–Crippen LogP) is 2.41. The highest BCUT2D eigenvalue weighted by atomic mass is 16.6. The summed E-state index contributed by atoms with van der Waals surface area (Å²) in [5.41, 5.74) is -0.756. The van der Waals surface area contributed by atoms with E-state index < -0.39 is 22.0 Å². The average Bonchev–Trinajstić information content (AvgIpc) is 2.52. The number of hydrogen-bond donors (Lipinski definition) is 1. The van der Waals surface area contributed by atoms with Crippen LogP contribution in [0.3, 0.4) is 0 Å². The summed E-state index contributed by atoms with van der Waals surface area (Å²) in [5.74, 6) is -0.793. The highest BCUT2D eigenvalue weighted by Gasteiger charge is 2.38. The van der Waals surface area contributed by atoms with Crippen molar-refractivity contribution in [3.63, 3.8) is 0 Å². The molecule has 0 spiro atoms. The summed E-state index contributed by atoms with van der Waals surface area (Å²) >= 11 is 0. The lowest BCUT2D eigenvalue weighted by Gasteiger charge is -2.46. The second kappa shape index (κ2) is 6.93. The van der Waals surface area contributed by atoms with Crippen LogP contribution in [-0.4, -0.2) is 56.8 Å². The van der Waals surface area contributed by atoms with Crippen LogP contribution in [0, 0.1) is 15.5 Å². The molecular formula is C18H25N3O5. The third kappa shape index (κ3) is 3.79. The van der Waals surface area contributed by atoms with Crippen molar-refractivity contribution >= 4 is 17.5 Å². The van der Waals surface area contributed by atoms with Crippen LogP contribution in [0.5, 0.6) is 5.75 Å². The molecule has 1 heterocycles. The summed E-state index contributed by atoms with van der Waals surface area (Å²) < 4.78 is 0. The maximum Gasteiger partial charge on any atom is 0.273 e. The van der Waals surface area contributed by atoms with Crippen molar-refractivity contribution in [2.75, 3.05) is 13.1 Å². The van der Waals surface area contributed by atoms with Gasteiger partial charge < -0.3 is 14.9 Å². The van der Waals surface area contributed by atoms with Gasteiger partial charge in [0.25, 0.3) is 11.6 Å². The van der Waals surface area contributed by atoms with Crippen LogP contribution in [0.15, 0.2) is 18.2 Å². The Bertz CT molecular complexity index is 729. The van der Waals surface area contributed by atoms with E-state index in [1.165, 1.54) is 12.1 Å². The van der Waals surface area contributed by atoms with Gasteiger partial charge in [0.15, 0.2) is 0 Å². The van der Waals surface area contributed by atoms with Crippen molar-refractivity contribution in [3.8, 4) is 5.75 Å². The van der Waals surface area contributed by atoms with E-state index in [1.54, 1.807) is 9.80 Å². The molecule has 1 aromatic rings. The summed E-state index contributed by atoms with van der Waals surface area (Å²) in [6.07, 6.45) is 0. The number of hydrogen-bond acceptors (Lipinski definition) is 5. The van der Waals surface area contributed by atoms with Crippen LogP contribution < -0.4 is 0 Å². The maximum absolute atomic E-state index is 12.9. The molecule has 26 heavy (non-hydrogen) atoms. The molecule has 0 aromatic heterocycles. The molecule has 0 saturated carbocycles. The normalized spacial score (nSPS) is 20.8. The number of carbonyl (C=O) groups excluding carboxylic acids is 2. The largest absolute Gasteiger partial charge is 0.507 e. The number of non-ortho nitro benzene ring substituents is 1. The van der Waals surface area contributed by atoms with Crippen molar-refractivity contribution in [2.45, 2.75) is 46.7 Å². The number of nitrogens with zero attached hydrogens (tertiary/aromatic N) is 3. The molecular weight excluding hydrogens is 338 g/mol. The molecule has 1 N–H and O–H groups in total. The summed E-state index contributed by atoms with van der Waals surface area (Å²) in [5, 5.41) is 20.8. The van der Waals surface area contributed by atoms with Crippen molar-refractivity contribution in [3.05, 3.63) is 33.9 Å². The first kappa shape index (κ1) is 19.7. The van der Waals surface area contributed by atoms with E-state index in [-0.39, 0.29) is 29.2 Å². The third-order valence-electron chi connectivity index (χ3n) is 4.50. The van der Waals surface area contributed by atoms with Gasteiger partial charge in [0.1, 0.15) is 5.75 Å². The Balaban J connectivity index is 2.23. The minimum atomic E-state index is -0.629. The first-order chi connectivity index (χ1) is 11.9. The van der Waals surface area contributed by atoms with Crippen molar-refractivity contribution in [1.82, 2.24) is 9.80 Å². The second-order valence-corrected chi connectivity index (χ2v) is 7.83. The minimum absolute atomic E-state index is 0.0184. The Hall–Kier alpha value is -2.64. The number of carbonyl (C=O) groups is 2. The van der Waals surface area contributed by atoms with Crippen LogP contribution >= 0.6 is 0 Å². The first-order valence-corrected chi connectivity index (χ1v) is 8.53. The topological polar surface area (TPSA) is 104 Å². The van der Waals surface area contributed by atoms with E-state index in [1.807, 2.05) is 34.6 Å². The molecule has 1 aromatic carbocycles. The highest BCUT2D eigenvalue weighted by molar-refractivity contribution is 5.97. The zero-order valence-corrected chi connectivity index (χ0v) is 15.7. The van der Waals surface area contributed by atoms with Gasteiger partial charge in [-0.3, -0.25) is 19.7 Å².